The van der Waals surface area contributed by atoms with Gasteiger partial charge in [-0.3, -0.25) is 4.90 Å². The lowest BCUT2D eigenvalue weighted by Gasteiger charge is -2.40. The van der Waals surface area contributed by atoms with E-state index >= 15 is 0 Å². The van der Waals surface area contributed by atoms with Gasteiger partial charge < -0.3 is 9.84 Å². The average Bonchev–Trinajstić information content (AvgIpc) is 2.44. The third kappa shape index (κ3) is 4.30. The zero-order valence-corrected chi connectivity index (χ0v) is 13.4. The van der Waals surface area contributed by atoms with E-state index in [1.54, 1.807) is 7.11 Å². The molecule has 0 aliphatic rings. The zero-order chi connectivity index (χ0) is 15.1. The molecule has 0 bridgehead atoms. The van der Waals surface area contributed by atoms with Gasteiger partial charge in [0.15, 0.2) is 0 Å². The van der Waals surface area contributed by atoms with Crippen molar-refractivity contribution < 1.29 is 9.84 Å². The Kier molecular flexibility index (Phi) is 7.20. The molecule has 20 heavy (non-hydrogen) atoms. The van der Waals surface area contributed by atoms with Crippen LogP contribution in [-0.4, -0.2) is 42.4 Å². The van der Waals surface area contributed by atoms with Crippen molar-refractivity contribution in [3.05, 3.63) is 35.9 Å². The molecule has 1 aromatic carbocycles. The molecule has 0 spiro atoms. The predicted molar refractivity (Wildman–Crippen MR) is 83.7 cm³/mol. The molecule has 0 saturated carbocycles. The van der Waals surface area contributed by atoms with E-state index in [0.717, 1.165) is 12.1 Å². The summed E-state index contributed by atoms with van der Waals surface area (Å²) in [5, 5.41) is 10.8. The molecular weight excluding hydrogens is 250 g/mol. The van der Waals surface area contributed by atoms with E-state index in [1.807, 2.05) is 30.3 Å². The first-order valence-corrected chi connectivity index (χ1v) is 7.50. The van der Waals surface area contributed by atoms with Gasteiger partial charge >= 0.3 is 0 Å². The molecule has 3 atom stereocenters. The van der Waals surface area contributed by atoms with Gasteiger partial charge in [0.05, 0.1) is 12.7 Å². The molecule has 0 fully saturated rings. The molecule has 114 valence electrons. The molecule has 0 amide bonds. The number of hydrogen-bond acceptors (Lipinski definition) is 3. The van der Waals surface area contributed by atoms with Crippen LogP contribution in [0.1, 0.15) is 39.4 Å². The van der Waals surface area contributed by atoms with Crippen molar-refractivity contribution in [1.82, 2.24) is 4.90 Å². The van der Waals surface area contributed by atoms with Crippen LogP contribution in [0.5, 0.6) is 0 Å². The van der Waals surface area contributed by atoms with Crippen molar-refractivity contribution in [2.45, 2.75) is 45.9 Å². The maximum atomic E-state index is 10.8. The van der Waals surface area contributed by atoms with Gasteiger partial charge in [-0.05, 0) is 24.9 Å². The second kappa shape index (κ2) is 8.40. The van der Waals surface area contributed by atoms with Gasteiger partial charge in [0.2, 0.25) is 0 Å². The molecular formula is C17H29NO2. The van der Waals surface area contributed by atoms with Crippen molar-refractivity contribution in [1.29, 1.82) is 0 Å². The van der Waals surface area contributed by atoms with Crippen LogP contribution in [0, 0.1) is 5.92 Å². The molecule has 1 N–H and O–H groups in total. The summed E-state index contributed by atoms with van der Waals surface area (Å²) in [6, 6.07) is 10.3. The van der Waals surface area contributed by atoms with E-state index in [0.29, 0.717) is 12.5 Å². The van der Waals surface area contributed by atoms with Gasteiger partial charge in [0.25, 0.3) is 0 Å². The van der Waals surface area contributed by atoms with Gasteiger partial charge in [0.1, 0.15) is 0 Å². The van der Waals surface area contributed by atoms with Crippen LogP contribution in [0.25, 0.3) is 0 Å². The quantitative estimate of drug-likeness (QED) is 0.793. The van der Waals surface area contributed by atoms with Crippen LogP contribution in [0.2, 0.25) is 0 Å². The first-order chi connectivity index (χ1) is 9.52. The Balaban J connectivity index is 2.97. The Morgan fingerprint density at radius 2 is 1.75 bits per heavy atom. The number of rotatable bonds is 8. The molecule has 3 heteroatoms. The lowest BCUT2D eigenvalue weighted by atomic mass is 9.91. The molecule has 1 aromatic rings. The van der Waals surface area contributed by atoms with Crippen LogP contribution in [0.3, 0.4) is 0 Å². The van der Waals surface area contributed by atoms with Crippen molar-refractivity contribution in [3.8, 4) is 0 Å². The first-order valence-electron chi connectivity index (χ1n) is 7.50. The van der Waals surface area contributed by atoms with Crippen LogP contribution in [0.15, 0.2) is 30.3 Å². The molecule has 3 nitrogen and oxygen atoms in total. The smallest absolute Gasteiger partial charge is 0.0947 e. The fraction of sp³-hybridized carbons (Fsp3) is 0.647. The summed E-state index contributed by atoms with van der Waals surface area (Å²) in [4.78, 5) is 2.34. The second-order valence-electron chi connectivity index (χ2n) is 5.72. The summed E-state index contributed by atoms with van der Waals surface area (Å²) in [7, 11) is 1.72. The topological polar surface area (TPSA) is 32.7 Å². The van der Waals surface area contributed by atoms with Crippen molar-refractivity contribution in [2.24, 2.45) is 5.92 Å². The highest BCUT2D eigenvalue weighted by Gasteiger charge is 2.31. The highest BCUT2D eigenvalue weighted by molar-refractivity contribution is 5.19. The van der Waals surface area contributed by atoms with E-state index < -0.39 is 6.10 Å². The molecule has 0 heterocycles. The number of aliphatic hydroxyl groups is 1. The molecule has 0 aromatic heterocycles. The van der Waals surface area contributed by atoms with Gasteiger partial charge in [-0.2, -0.15) is 0 Å². The highest BCUT2D eigenvalue weighted by Crippen LogP contribution is 2.28. The van der Waals surface area contributed by atoms with E-state index in [4.69, 9.17) is 4.74 Å². The normalized spacial score (nSPS) is 16.4. The number of nitrogens with zero attached hydrogens (tertiary/aromatic N) is 1. The largest absolute Gasteiger partial charge is 0.387 e. The maximum Gasteiger partial charge on any atom is 0.0947 e. The fourth-order valence-electron chi connectivity index (χ4n) is 2.93. The molecule has 0 saturated heterocycles. The summed E-state index contributed by atoms with van der Waals surface area (Å²) in [6.45, 7) is 10.2. The number of likely N-dealkylation sites (N-methyl/N-ethyl adjacent to an activating group) is 1. The predicted octanol–water partition coefficient (Wildman–Crippen LogP) is 3.10. The Hall–Kier alpha value is -0.900. The lowest BCUT2D eigenvalue weighted by Crippen LogP contribution is -2.49. The zero-order valence-electron chi connectivity index (χ0n) is 13.4. The summed E-state index contributed by atoms with van der Waals surface area (Å²) in [5.74, 6) is 0.365. The Labute approximate surface area is 123 Å². The maximum absolute atomic E-state index is 10.8. The number of ether oxygens (including phenoxy) is 1. The number of benzene rings is 1. The van der Waals surface area contributed by atoms with Crippen molar-refractivity contribution >= 4 is 0 Å². The van der Waals surface area contributed by atoms with E-state index in [9.17, 15) is 5.11 Å². The second-order valence-corrected chi connectivity index (χ2v) is 5.72. The minimum Gasteiger partial charge on any atom is -0.387 e. The van der Waals surface area contributed by atoms with Crippen LogP contribution < -0.4 is 0 Å². The SMILES string of the molecule is CCN(C(C)COC)C(C(C)C)C(O)c1ccccc1. The van der Waals surface area contributed by atoms with E-state index in [-0.39, 0.29) is 12.1 Å². The molecule has 3 unspecified atom stereocenters. The number of methoxy groups -OCH3 is 1. The number of aliphatic hydroxyl groups excluding tert-OH is 1. The number of hydrogen-bond donors (Lipinski definition) is 1. The first kappa shape index (κ1) is 17.2. The summed E-state index contributed by atoms with van der Waals surface area (Å²) >= 11 is 0. The van der Waals surface area contributed by atoms with Crippen LogP contribution in [-0.2, 0) is 4.74 Å². The van der Waals surface area contributed by atoms with Crippen molar-refractivity contribution in [2.75, 3.05) is 20.3 Å². The van der Waals surface area contributed by atoms with Crippen LogP contribution >= 0.6 is 0 Å². The third-order valence-corrected chi connectivity index (χ3v) is 3.87. The minimum absolute atomic E-state index is 0.0903. The lowest BCUT2D eigenvalue weighted by molar-refractivity contribution is -0.0135. The summed E-state index contributed by atoms with van der Waals surface area (Å²) in [5.41, 5.74) is 0.981. The third-order valence-electron chi connectivity index (χ3n) is 3.87. The highest BCUT2D eigenvalue weighted by atomic mass is 16.5. The Morgan fingerprint density at radius 3 is 2.20 bits per heavy atom. The Bertz CT molecular complexity index is 367. The molecule has 0 radical (unpaired) electrons. The van der Waals surface area contributed by atoms with Gasteiger partial charge in [-0.1, -0.05) is 51.1 Å². The average molecular weight is 279 g/mol. The molecule has 0 aliphatic carbocycles. The summed E-state index contributed by atoms with van der Waals surface area (Å²) in [6.07, 6.45) is -0.476. The monoisotopic (exact) mass is 279 g/mol. The van der Waals surface area contributed by atoms with Crippen LogP contribution in [0.4, 0.5) is 0 Å². The van der Waals surface area contributed by atoms with E-state index in [2.05, 4.69) is 32.6 Å². The van der Waals surface area contributed by atoms with E-state index in [1.165, 1.54) is 0 Å². The standard InChI is InChI=1S/C17H29NO2/c1-6-18(14(4)12-20-5)16(13(2)3)17(19)15-10-8-7-9-11-15/h7-11,13-14,16-17,19H,6,12H2,1-5H3. The van der Waals surface area contributed by atoms with Gasteiger partial charge in [-0.25, -0.2) is 0 Å². The fourth-order valence-corrected chi connectivity index (χ4v) is 2.93. The van der Waals surface area contributed by atoms with Gasteiger partial charge in [-0.15, -0.1) is 0 Å². The Morgan fingerprint density at radius 1 is 1.15 bits per heavy atom. The summed E-state index contributed by atoms with van der Waals surface area (Å²) < 4.78 is 5.28. The molecule has 1 rings (SSSR count). The van der Waals surface area contributed by atoms with Gasteiger partial charge in [0, 0.05) is 19.2 Å². The minimum atomic E-state index is -0.476. The molecule has 0 aliphatic heterocycles. The van der Waals surface area contributed by atoms with Crippen molar-refractivity contribution in [3.63, 3.8) is 0 Å².